The van der Waals surface area contributed by atoms with E-state index in [0.717, 1.165) is 55.0 Å². The summed E-state index contributed by atoms with van der Waals surface area (Å²) in [5, 5.41) is 9.08. The van der Waals surface area contributed by atoms with Gasteiger partial charge < -0.3 is 18.8 Å². The average Bonchev–Trinajstić information content (AvgIpc) is 3.20. The van der Waals surface area contributed by atoms with Gasteiger partial charge in [0.15, 0.2) is 11.0 Å². The highest BCUT2D eigenvalue weighted by molar-refractivity contribution is 8.00. The first-order valence-corrected chi connectivity index (χ1v) is 9.50. The van der Waals surface area contributed by atoms with Crippen LogP contribution in [-0.2, 0) is 11.8 Å². The Bertz CT molecular complexity index is 733. The van der Waals surface area contributed by atoms with Crippen molar-refractivity contribution in [1.82, 2.24) is 24.6 Å². The van der Waals surface area contributed by atoms with Gasteiger partial charge in [-0.1, -0.05) is 18.7 Å². The van der Waals surface area contributed by atoms with E-state index >= 15 is 0 Å². The lowest BCUT2D eigenvalue weighted by Crippen LogP contribution is -2.50. The van der Waals surface area contributed by atoms with Gasteiger partial charge >= 0.3 is 0 Å². The number of furan rings is 1. The maximum absolute atomic E-state index is 12.7. The van der Waals surface area contributed by atoms with Gasteiger partial charge in [-0.15, -0.1) is 10.2 Å². The molecule has 1 amide bonds. The van der Waals surface area contributed by atoms with Gasteiger partial charge in [0.2, 0.25) is 5.91 Å². The number of hydrogen-bond acceptors (Lipinski definition) is 6. The van der Waals surface area contributed by atoms with Gasteiger partial charge in [0, 0.05) is 33.2 Å². The number of carbonyl (C=O) groups excluding carboxylic acids is 1. The van der Waals surface area contributed by atoms with Crippen molar-refractivity contribution < 1.29 is 9.21 Å². The second-order valence-corrected chi connectivity index (χ2v) is 7.58. The summed E-state index contributed by atoms with van der Waals surface area (Å²) < 4.78 is 7.27. The summed E-state index contributed by atoms with van der Waals surface area (Å²) >= 11 is 1.46. The highest BCUT2D eigenvalue weighted by atomic mass is 32.2. The number of nitrogens with zero attached hydrogens (tertiary/aromatic N) is 5. The number of aromatic nitrogens is 3. The van der Waals surface area contributed by atoms with Gasteiger partial charge in [0.05, 0.1) is 17.1 Å². The summed E-state index contributed by atoms with van der Waals surface area (Å²) in [5.74, 6) is 1.74. The zero-order valence-electron chi connectivity index (χ0n) is 15.2. The Morgan fingerprint density at radius 1 is 1.32 bits per heavy atom. The molecule has 0 bridgehead atoms. The van der Waals surface area contributed by atoms with E-state index in [9.17, 15) is 4.79 Å². The van der Waals surface area contributed by atoms with Gasteiger partial charge in [-0.25, -0.2) is 0 Å². The molecule has 0 saturated carbocycles. The molecule has 3 heterocycles. The zero-order chi connectivity index (χ0) is 18.0. The van der Waals surface area contributed by atoms with Crippen LogP contribution in [0.4, 0.5) is 0 Å². The number of likely N-dealkylation sites (N-methyl/N-ethyl adjacent to an activating group) is 1. The molecule has 2 aromatic rings. The van der Waals surface area contributed by atoms with E-state index in [1.807, 2.05) is 36.4 Å². The van der Waals surface area contributed by atoms with Crippen molar-refractivity contribution in [3.63, 3.8) is 0 Å². The molecule has 0 aliphatic carbocycles. The number of amides is 1. The Morgan fingerprint density at radius 2 is 2.04 bits per heavy atom. The topological polar surface area (TPSA) is 67.4 Å². The van der Waals surface area contributed by atoms with E-state index in [0.29, 0.717) is 0 Å². The Balaban J connectivity index is 1.65. The second kappa shape index (κ2) is 7.61. The number of hydrogen-bond donors (Lipinski definition) is 0. The molecule has 8 heteroatoms. The van der Waals surface area contributed by atoms with Crippen molar-refractivity contribution >= 4 is 17.7 Å². The maximum atomic E-state index is 12.7. The van der Waals surface area contributed by atoms with Crippen molar-refractivity contribution in [2.45, 2.75) is 31.2 Å². The molecule has 2 aromatic heterocycles. The lowest BCUT2D eigenvalue weighted by molar-refractivity contribution is -0.132. The Kier molecular flexibility index (Phi) is 5.48. The molecule has 1 aliphatic heterocycles. The van der Waals surface area contributed by atoms with Crippen LogP contribution in [0.1, 0.15) is 19.6 Å². The number of piperazine rings is 1. The highest BCUT2D eigenvalue weighted by Crippen LogP contribution is 2.28. The predicted molar refractivity (Wildman–Crippen MR) is 97.5 cm³/mol. The number of rotatable bonds is 5. The molecule has 1 atom stereocenters. The second-order valence-electron chi connectivity index (χ2n) is 6.28. The largest absolute Gasteiger partial charge is 0.469 e. The lowest BCUT2D eigenvalue weighted by Gasteiger charge is -2.35. The quantitative estimate of drug-likeness (QED) is 0.757. The summed E-state index contributed by atoms with van der Waals surface area (Å²) in [6.07, 6.45) is 1.65. The van der Waals surface area contributed by atoms with Gasteiger partial charge in [-0.05, 0) is 26.5 Å². The van der Waals surface area contributed by atoms with Crippen LogP contribution in [0.25, 0.3) is 11.4 Å². The summed E-state index contributed by atoms with van der Waals surface area (Å²) in [6.45, 7) is 10.5. The maximum Gasteiger partial charge on any atom is 0.235 e. The first-order valence-electron chi connectivity index (χ1n) is 8.63. The van der Waals surface area contributed by atoms with Crippen LogP contribution in [0.2, 0.25) is 0 Å². The Hall–Kier alpha value is -1.80. The summed E-state index contributed by atoms with van der Waals surface area (Å²) in [7, 11) is 1.92. The van der Waals surface area contributed by atoms with E-state index < -0.39 is 0 Å². The summed E-state index contributed by atoms with van der Waals surface area (Å²) in [5.41, 5.74) is 0.927. The first-order chi connectivity index (χ1) is 12.0. The average molecular weight is 363 g/mol. The van der Waals surface area contributed by atoms with E-state index in [-0.39, 0.29) is 11.2 Å². The molecule has 25 heavy (non-hydrogen) atoms. The molecule has 7 nitrogen and oxygen atoms in total. The first kappa shape index (κ1) is 18.0. The third-order valence-corrected chi connectivity index (χ3v) is 5.82. The van der Waals surface area contributed by atoms with Gasteiger partial charge in [-0.2, -0.15) is 0 Å². The minimum absolute atomic E-state index is 0.171. The van der Waals surface area contributed by atoms with Crippen molar-refractivity contribution in [1.29, 1.82) is 0 Å². The number of thioether (sulfide) groups is 1. The van der Waals surface area contributed by atoms with E-state index in [2.05, 4.69) is 22.0 Å². The molecule has 0 radical (unpaired) electrons. The number of aryl methyl sites for hydroxylation is 1. The fourth-order valence-corrected chi connectivity index (χ4v) is 3.92. The molecule has 1 aliphatic rings. The molecule has 3 rings (SSSR count). The van der Waals surface area contributed by atoms with Crippen LogP contribution in [0, 0.1) is 6.92 Å². The summed E-state index contributed by atoms with van der Waals surface area (Å²) in [6, 6.07) is 1.88. The standard InChI is InChI=1S/C17H25N5O2S/c1-5-21-7-9-22(10-8-21)16(23)13(3)25-17-19-18-15(20(17)4)14-6-11-24-12(14)2/h6,11,13H,5,7-10H2,1-4H3/t13-/m0/s1. The zero-order valence-corrected chi connectivity index (χ0v) is 16.0. The van der Waals surface area contributed by atoms with Crippen LogP contribution in [0.3, 0.4) is 0 Å². The minimum atomic E-state index is -0.186. The normalized spacial score (nSPS) is 17.0. The third-order valence-electron chi connectivity index (χ3n) is 4.70. The molecule has 0 N–H and O–H groups in total. The van der Waals surface area contributed by atoms with Gasteiger partial charge in [-0.3, -0.25) is 4.79 Å². The van der Waals surface area contributed by atoms with Crippen LogP contribution in [0.5, 0.6) is 0 Å². The fourth-order valence-electron chi connectivity index (χ4n) is 3.02. The lowest BCUT2D eigenvalue weighted by atomic mass is 10.2. The monoisotopic (exact) mass is 363 g/mol. The van der Waals surface area contributed by atoms with Crippen LogP contribution in [-0.4, -0.2) is 68.4 Å². The van der Waals surface area contributed by atoms with Crippen molar-refractivity contribution in [2.24, 2.45) is 7.05 Å². The smallest absolute Gasteiger partial charge is 0.235 e. The molecular weight excluding hydrogens is 338 g/mol. The van der Waals surface area contributed by atoms with Crippen molar-refractivity contribution in [2.75, 3.05) is 32.7 Å². The van der Waals surface area contributed by atoms with Crippen LogP contribution >= 0.6 is 11.8 Å². The SMILES string of the molecule is CCN1CCN(C(=O)[C@H](C)Sc2nnc(-c3ccoc3C)n2C)CC1. The Labute approximate surface area is 152 Å². The fraction of sp³-hybridized carbons (Fsp3) is 0.588. The van der Waals surface area contributed by atoms with Crippen molar-refractivity contribution in [3.8, 4) is 11.4 Å². The van der Waals surface area contributed by atoms with E-state index in [1.54, 1.807) is 6.26 Å². The molecular formula is C17H25N5O2S. The Morgan fingerprint density at radius 3 is 2.64 bits per heavy atom. The molecule has 1 fully saturated rings. The molecule has 0 spiro atoms. The third kappa shape index (κ3) is 3.74. The molecule has 136 valence electrons. The van der Waals surface area contributed by atoms with Crippen LogP contribution in [0.15, 0.2) is 21.9 Å². The predicted octanol–water partition coefficient (Wildman–Crippen LogP) is 2.03. The minimum Gasteiger partial charge on any atom is -0.469 e. The van der Waals surface area contributed by atoms with E-state index in [1.165, 1.54) is 11.8 Å². The van der Waals surface area contributed by atoms with Crippen molar-refractivity contribution in [3.05, 3.63) is 18.1 Å². The van der Waals surface area contributed by atoms with Gasteiger partial charge in [0.1, 0.15) is 5.76 Å². The molecule has 1 saturated heterocycles. The number of carbonyl (C=O) groups is 1. The van der Waals surface area contributed by atoms with E-state index in [4.69, 9.17) is 4.42 Å². The highest BCUT2D eigenvalue weighted by Gasteiger charge is 2.26. The molecule has 0 unspecified atom stereocenters. The summed E-state index contributed by atoms with van der Waals surface area (Å²) in [4.78, 5) is 17.0. The molecule has 0 aromatic carbocycles. The van der Waals surface area contributed by atoms with Gasteiger partial charge in [0.25, 0.3) is 0 Å². The van der Waals surface area contributed by atoms with Crippen LogP contribution < -0.4 is 0 Å².